The topological polar surface area (TPSA) is 65.5 Å². The molecule has 0 radical (unpaired) electrons. The molecule has 1 N–H and O–H groups in total. The van der Waals surface area contributed by atoms with Crippen molar-refractivity contribution in [1.29, 1.82) is 0 Å². The fourth-order valence-electron chi connectivity index (χ4n) is 1.77. The van der Waals surface area contributed by atoms with Gasteiger partial charge in [0.05, 0.1) is 13.2 Å². The molecule has 1 saturated heterocycles. The van der Waals surface area contributed by atoms with E-state index in [-0.39, 0.29) is 6.10 Å². The van der Waals surface area contributed by atoms with Gasteiger partial charge in [0.25, 0.3) is 5.88 Å². The first-order valence-electron chi connectivity index (χ1n) is 5.66. The second-order valence-electron chi connectivity index (χ2n) is 3.76. The first-order chi connectivity index (χ1) is 8.35. The number of aromatic nitrogens is 2. The van der Waals surface area contributed by atoms with E-state index in [0.29, 0.717) is 24.1 Å². The molecule has 0 saturated carbocycles. The summed E-state index contributed by atoms with van der Waals surface area (Å²) in [6.45, 7) is 1.31. The molecule has 1 aromatic heterocycles. The number of methoxy groups -OCH3 is 1. The van der Waals surface area contributed by atoms with Crippen LogP contribution in [0.3, 0.4) is 0 Å². The number of hydrogen-bond donors (Lipinski definition) is 1. The quantitative estimate of drug-likeness (QED) is 0.829. The second kappa shape index (κ2) is 5.67. The molecule has 0 aromatic carbocycles. The van der Waals surface area contributed by atoms with Gasteiger partial charge >= 0.3 is 0 Å². The predicted octanol–water partition coefficient (Wildman–Crippen LogP) is 1.08. The lowest BCUT2D eigenvalue weighted by molar-refractivity contribution is 0.0652. The van der Waals surface area contributed by atoms with E-state index in [4.69, 9.17) is 14.2 Å². The largest absolute Gasteiger partial charge is 0.489 e. The SMILES string of the molecule is CNc1ncnc(OCC2CCCO2)c1OC. The normalized spacial score (nSPS) is 19.1. The van der Waals surface area contributed by atoms with Gasteiger partial charge in [-0.05, 0) is 12.8 Å². The summed E-state index contributed by atoms with van der Waals surface area (Å²) in [4.78, 5) is 8.12. The molecule has 0 spiro atoms. The van der Waals surface area contributed by atoms with Gasteiger partial charge in [0.1, 0.15) is 12.9 Å². The van der Waals surface area contributed by atoms with Crippen molar-refractivity contribution in [3.8, 4) is 11.6 Å². The molecular weight excluding hydrogens is 222 g/mol. The molecule has 1 unspecified atom stereocenters. The fraction of sp³-hybridized carbons (Fsp3) is 0.636. The highest BCUT2D eigenvalue weighted by Gasteiger charge is 2.18. The molecule has 1 aromatic rings. The maximum absolute atomic E-state index is 5.61. The lowest BCUT2D eigenvalue weighted by atomic mass is 10.2. The molecular formula is C11H17N3O3. The van der Waals surface area contributed by atoms with E-state index in [0.717, 1.165) is 19.4 Å². The Morgan fingerprint density at radius 3 is 3.06 bits per heavy atom. The second-order valence-corrected chi connectivity index (χ2v) is 3.76. The number of rotatable bonds is 5. The summed E-state index contributed by atoms with van der Waals surface area (Å²) in [7, 11) is 3.34. The molecule has 1 fully saturated rings. The summed E-state index contributed by atoms with van der Waals surface area (Å²) in [6, 6.07) is 0. The smallest absolute Gasteiger partial charge is 0.262 e. The first kappa shape index (κ1) is 11.9. The lowest BCUT2D eigenvalue weighted by Crippen LogP contribution is -2.17. The molecule has 6 heteroatoms. The zero-order valence-electron chi connectivity index (χ0n) is 10.1. The average Bonchev–Trinajstić information content (AvgIpc) is 2.88. The minimum absolute atomic E-state index is 0.160. The van der Waals surface area contributed by atoms with Crippen LogP contribution in [-0.4, -0.2) is 43.4 Å². The molecule has 17 heavy (non-hydrogen) atoms. The monoisotopic (exact) mass is 239 g/mol. The Hall–Kier alpha value is -1.56. The Bertz CT molecular complexity index is 367. The van der Waals surface area contributed by atoms with E-state index in [1.165, 1.54) is 6.33 Å². The van der Waals surface area contributed by atoms with Crippen LogP contribution >= 0.6 is 0 Å². The van der Waals surface area contributed by atoms with Crippen molar-refractivity contribution >= 4 is 5.82 Å². The van der Waals surface area contributed by atoms with Gasteiger partial charge in [0.2, 0.25) is 5.75 Å². The number of nitrogens with zero attached hydrogens (tertiary/aromatic N) is 2. The number of hydrogen-bond acceptors (Lipinski definition) is 6. The van der Waals surface area contributed by atoms with Crippen LogP contribution in [0.25, 0.3) is 0 Å². The van der Waals surface area contributed by atoms with Crippen LogP contribution in [0.1, 0.15) is 12.8 Å². The molecule has 2 heterocycles. The van der Waals surface area contributed by atoms with Gasteiger partial charge in [-0.1, -0.05) is 0 Å². The maximum atomic E-state index is 5.61. The zero-order chi connectivity index (χ0) is 12.1. The third-order valence-corrected chi connectivity index (χ3v) is 2.64. The first-order valence-corrected chi connectivity index (χ1v) is 5.66. The third-order valence-electron chi connectivity index (χ3n) is 2.64. The molecule has 0 bridgehead atoms. The Kier molecular flexibility index (Phi) is 3.98. The van der Waals surface area contributed by atoms with Gasteiger partial charge in [-0.3, -0.25) is 0 Å². The van der Waals surface area contributed by atoms with E-state index < -0.39 is 0 Å². The molecule has 1 aliphatic heterocycles. The van der Waals surface area contributed by atoms with Crippen molar-refractivity contribution in [3.05, 3.63) is 6.33 Å². The maximum Gasteiger partial charge on any atom is 0.262 e. The van der Waals surface area contributed by atoms with Crippen molar-refractivity contribution in [2.45, 2.75) is 18.9 Å². The van der Waals surface area contributed by atoms with Gasteiger partial charge in [-0.25, -0.2) is 4.98 Å². The van der Waals surface area contributed by atoms with E-state index in [1.807, 2.05) is 0 Å². The van der Waals surface area contributed by atoms with Crippen LogP contribution in [0.2, 0.25) is 0 Å². The van der Waals surface area contributed by atoms with Gasteiger partial charge in [0.15, 0.2) is 5.82 Å². The molecule has 94 valence electrons. The Morgan fingerprint density at radius 1 is 1.53 bits per heavy atom. The summed E-state index contributed by atoms with van der Waals surface area (Å²) < 4.78 is 16.3. The van der Waals surface area contributed by atoms with Crippen molar-refractivity contribution in [3.63, 3.8) is 0 Å². The number of ether oxygens (including phenoxy) is 3. The minimum atomic E-state index is 0.160. The van der Waals surface area contributed by atoms with Crippen molar-refractivity contribution in [2.75, 3.05) is 32.7 Å². The summed E-state index contributed by atoms with van der Waals surface area (Å²) in [6.07, 6.45) is 3.73. The summed E-state index contributed by atoms with van der Waals surface area (Å²) in [5, 5.41) is 2.93. The Morgan fingerprint density at radius 2 is 2.41 bits per heavy atom. The Labute approximate surface area is 100 Å². The van der Waals surface area contributed by atoms with Crippen LogP contribution in [0.4, 0.5) is 5.82 Å². The van der Waals surface area contributed by atoms with Crippen molar-refractivity contribution in [2.24, 2.45) is 0 Å². The summed E-state index contributed by atoms with van der Waals surface area (Å²) >= 11 is 0. The van der Waals surface area contributed by atoms with Crippen LogP contribution in [0.15, 0.2) is 6.33 Å². The molecule has 6 nitrogen and oxygen atoms in total. The summed E-state index contributed by atoms with van der Waals surface area (Å²) in [5.41, 5.74) is 0. The van der Waals surface area contributed by atoms with E-state index >= 15 is 0 Å². The van der Waals surface area contributed by atoms with Crippen molar-refractivity contribution in [1.82, 2.24) is 9.97 Å². The predicted molar refractivity (Wildman–Crippen MR) is 62.6 cm³/mol. The minimum Gasteiger partial charge on any atom is -0.489 e. The van der Waals surface area contributed by atoms with Gasteiger partial charge in [0, 0.05) is 13.7 Å². The summed E-state index contributed by atoms with van der Waals surface area (Å²) in [5.74, 6) is 1.58. The van der Waals surface area contributed by atoms with Crippen molar-refractivity contribution < 1.29 is 14.2 Å². The highest BCUT2D eigenvalue weighted by atomic mass is 16.6. The van der Waals surface area contributed by atoms with Crippen LogP contribution < -0.4 is 14.8 Å². The van der Waals surface area contributed by atoms with Gasteiger partial charge in [-0.15, -0.1) is 0 Å². The Balaban J connectivity index is 2.03. The van der Waals surface area contributed by atoms with E-state index in [9.17, 15) is 0 Å². The number of nitrogens with one attached hydrogen (secondary N) is 1. The highest BCUT2D eigenvalue weighted by molar-refractivity contribution is 5.54. The van der Waals surface area contributed by atoms with Crippen LogP contribution in [-0.2, 0) is 4.74 Å². The van der Waals surface area contributed by atoms with E-state index in [1.54, 1.807) is 14.2 Å². The lowest BCUT2D eigenvalue weighted by Gasteiger charge is -2.14. The molecule has 2 rings (SSSR count). The average molecular weight is 239 g/mol. The molecule has 1 aliphatic rings. The molecule has 0 aliphatic carbocycles. The highest BCUT2D eigenvalue weighted by Crippen LogP contribution is 2.30. The third kappa shape index (κ3) is 2.76. The van der Waals surface area contributed by atoms with E-state index in [2.05, 4.69) is 15.3 Å². The van der Waals surface area contributed by atoms with Crippen LogP contribution in [0, 0.1) is 0 Å². The van der Waals surface area contributed by atoms with Crippen LogP contribution in [0.5, 0.6) is 11.6 Å². The molecule has 0 amide bonds. The van der Waals surface area contributed by atoms with Gasteiger partial charge in [-0.2, -0.15) is 4.98 Å². The standard InChI is InChI=1S/C11H17N3O3/c1-12-10-9(15-2)11(14-7-13-10)17-6-8-4-3-5-16-8/h7-8H,3-6H2,1-2H3,(H,12,13,14). The fourth-order valence-corrected chi connectivity index (χ4v) is 1.77. The number of anilines is 1. The molecule has 1 atom stereocenters. The zero-order valence-corrected chi connectivity index (χ0v) is 10.1. The van der Waals surface area contributed by atoms with Gasteiger partial charge < -0.3 is 19.5 Å².